The number of fused-ring (bicyclic) bond motifs is 1. The van der Waals surface area contributed by atoms with Gasteiger partial charge in [0.15, 0.2) is 5.82 Å². The standard InChI is InChI=1S/C14H12ClN5O2/c1-22-14(21)19-6-7-20-12(17-18-13(20)9-19)3-2-11-8-10(15)4-5-16-11/h4-5,8H,6-7,9H2,1H3. The van der Waals surface area contributed by atoms with Crippen LogP contribution >= 0.6 is 11.6 Å². The number of hydrogen-bond donors (Lipinski definition) is 0. The molecule has 2 aromatic rings. The van der Waals surface area contributed by atoms with Crippen LogP contribution in [-0.2, 0) is 17.8 Å². The highest BCUT2D eigenvalue weighted by Crippen LogP contribution is 2.13. The molecule has 1 aliphatic rings. The van der Waals surface area contributed by atoms with Gasteiger partial charge in [-0.25, -0.2) is 9.78 Å². The van der Waals surface area contributed by atoms with Crippen LogP contribution in [0.2, 0.25) is 5.02 Å². The number of nitrogens with zero attached hydrogens (tertiary/aromatic N) is 5. The summed E-state index contributed by atoms with van der Waals surface area (Å²) >= 11 is 5.89. The van der Waals surface area contributed by atoms with Crippen molar-refractivity contribution in [2.24, 2.45) is 0 Å². The third-order valence-corrected chi connectivity index (χ3v) is 3.45. The number of rotatable bonds is 0. The molecule has 0 aromatic carbocycles. The molecule has 7 nitrogen and oxygen atoms in total. The molecule has 3 rings (SSSR count). The van der Waals surface area contributed by atoms with Gasteiger partial charge in [0, 0.05) is 24.3 Å². The van der Waals surface area contributed by atoms with Crippen LogP contribution in [0.3, 0.4) is 0 Å². The molecule has 1 aliphatic heterocycles. The van der Waals surface area contributed by atoms with Gasteiger partial charge in [0.1, 0.15) is 5.69 Å². The lowest BCUT2D eigenvalue weighted by atomic mass is 10.3. The summed E-state index contributed by atoms with van der Waals surface area (Å²) in [5.41, 5.74) is 0.567. The van der Waals surface area contributed by atoms with Crippen LogP contribution in [0.5, 0.6) is 0 Å². The second-order valence-electron chi connectivity index (χ2n) is 4.59. The van der Waals surface area contributed by atoms with Crippen molar-refractivity contribution < 1.29 is 9.53 Å². The summed E-state index contributed by atoms with van der Waals surface area (Å²) in [5, 5.41) is 8.70. The predicted molar refractivity (Wildman–Crippen MR) is 78.1 cm³/mol. The first-order valence-electron chi connectivity index (χ1n) is 6.56. The zero-order chi connectivity index (χ0) is 15.5. The molecule has 0 aliphatic carbocycles. The molecule has 112 valence electrons. The van der Waals surface area contributed by atoms with E-state index in [0.717, 1.165) is 0 Å². The topological polar surface area (TPSA) is 73.1 Å². The SMILES string of the molecule is COC(=O)N1CCn2c(C#Cc3cc(Cl)ccn3)nnc2C1. The number of methoxy groups -OCH3 is 1. The van der Waals surface area contributed by atoms with Gasteiger partial charge in [-0.05, 0) is 24.0 Å². The van der Waals surface area contributed by atoms with Gasteiger partial charge in [-0.15, -0.1) is 10.2 Å². The number of hydrogen-bond acceptors (Lipinski definition) is 5. The lowest BCUT2D eigenvalue weighted by Gasteiger charge is -2.25. The molecule has 0 bridgehead atoms. The molecule has 0 fully saturated rings. The highest BCUT2D eigenvalue weighted by molar-refractivity contribution is 6.30. The van der Waals surface area contributed by atoms with E-state index in [9.17, 15) is 4.79 Å². The van der Waals surface area contributed by atoms with Crippen LogP contribution < -0.4 is 0 Å². The van der Waals surface area contributed by atoms with Crippen LogP contribution in [0.15, 0.2) is 18.3 Å². The maximum absolute atomic E-state index is 11.5. The first-order chi connectivity index (χ1) is 10.7. The fraction of sp³-hybridized carbons (Fsp3) is 0.286. The number of carbonyl (C=O) groups is 1. The maximum Gasteiger partial charge on any atom is 0.409 e. The Morgan fingerprint density at radius 2 is 2.23 bits per heavy atom. The van der Waals surface area contributed by atoms with E-state index in [0.29, 0.717) is 42.0 Å². The van der Waals surface area contributed by atoms with E-state index in [-0.39, 0.29) is 6.09 Å². The molecular weight excluding hydrogens is 306 g/mol. The highest BCUT2D eigenvalue weighted by Gasteiger charge is 2.24. The van der Waals surface area contributed by atoms with Gasteiger partial charge < -0.3 is 9.30 Å². The molecule has 0 unspecified atom stereocenters. The summed E-state index contributed by atoms with van der Waals surface area (Å²) in [6, 6.07) is 3.37. The first-order valence-corrected chi connectivity index (χ1v) is 6.93. The summed E-state index contributed by atoms with van der Waals surface area (Å²) in [7, 11) is 1.36. The van der Waals surface area contributed by atoms with Crippen LogP contribution in [0.4, 0.5) is 4.79 Å². The van der Waals surface area contributed by atoms with Crippen LogP contribution in [0, 0.1) is 11.8 Å². The fourth-order valence-electron chi connectivity index (χ4n) is 2.13. The van der Waals surface area contributed by atoms with Crippen molar-refractivity contribution in [3.05, 3.63) is 40.7 Å². The Morgan fingerprint density at radius 3 is 3.00 bits per heavy atom. The van der Waals surface area contributed by atoms with Crippen molar-refractivity contribution in [1.29, 1.82) is 0 Å². The third-order valence-electron chi connectivity index (χ3n) is 3.21. The molecule has 0 spiro atoms. The number of pyridine rings is 1. The predicted octanol–water partition coefficient (Wildman–Crippen LogP) is 1.31. The normalized spacial score (nSPS) is 13.1. The van der Waals surface area contributed by atoms with Crippen LogP contribution in [-0.4, -0.2) is 44.4 Å². The summed E-state index contributed by atoms with van der Waals surface area (Å²) in [6.07, 6.45) is 1.23. The molecule has 22 heavy (non-hydrogen) atoms. The van der Waals surface area contributed by atoms with E-state index in [1.807, 2.05) is 4.57 Å². The summed E-state index contributed by atoms with van der Waals surface area (Å²) in [4.78, 5) is 17.2. The van der Waals surface area contributed by atoms with Crippen molar-refractivity contribution in [2.45, 2.75) is 13.1 Å². The van der Waals surface area contributed by atoms with Gasteiger partial charge in [-0.1, -0.05) is 11.6 Å². The Bertz CT molecular complexity index is 777. The molecule has 0 N–H and O–H groups in total. The van der Waals surface area contributed by atoms with Gasteiger partial charge in [0.05, 0.1) is 13.7 Å². The van der Waals surface area contributed by atoms with Crippen molar-refractivity contribution in [1.82, 2.24) is 24.6 Å². The summed E-state index contributed by atoms with van der Waals surface area (Å²) < 4.78 is 6.59. The van der Waals surface area contributed by atoms with Gasteiger partial charge in [-0.2, -0.15) is 0 Å². The van der Waals surface area contributed by atoms with Crippen molar-refractivity contribution in [2.75, 3.05) is 13.7 Å². The molecule has 2 aromatic heterocycles. The second-order valence-corrected chi connectivity index (χ2v) is 5.03. The largest absolute Gasteiger partial charge is 0.453 e. The van der Waals surface area contributed by atoms with Gasteiger partial charge in [0.25, 0.3) is 0 Å². The smallest absolute Gasteiger partial charge is 0.409 e. The van der Waals surface area contributed by atoms with Crippen molar-refractivity contribution in [3.63, 3.8) is 0 Å². The lowest BCUT2D eigenvalue weighted by Crippen LogP contribution is -2.38. The fourth-order valence-corrected chi connectivity index (χ4v) is 2.29. The third kappa shape index (κ3) is 2.87. The van der Waals surface area contributed by atoms with E-state index in [4.69, 9.17) is 16.3 Å². The van der Waals surface area contributed by atoms with Crippen molar-refractivity contribution >= 4 is 17.7 Å². The van der Waals surface area contributed by atoms with Gasteiger partial charge >= 0.3 is 6.09 Å². The summed E-state index contributed by atoms with van der Waals surface area (Å²) in [5.74, 6) is 7.07. The zero-order valence-electron chi connectivity index (χ0n) is 11.8. The Hall–Kier alpha value is -2.59. The van der Waals surface area contributed by atoms with Gasteiger partial charge in [0.2, 0.25) is 5.82 Å². The highest BCUT2D eigenvalue weighted by atomic mass is 35.5. The molecule has 0 radical (unpaired) electrons. The minimum absolute atomic E-state index is 0.358. The van der Waals surface area contributed by atoms with E-state index >= 15 is 0 Å². The van der Waals surface area contributed by atoms with Crippen LogP contribution in [0.25, 0.3) is 0 Å². The maximum atomic E-state index is 11.5. The minimum atomic E-state index is -0.370. The molecule has 0 saturated carbocycles. The number of ether oxygens (including phenoxy) is 1. The second kappa shape index (κ2) is 6.03. The number of carbonyl (C=O) groups excluding carboxylic acids is 1. The molecular formula is C14H12ClN5O2. The number of halogens is 1. The van der Waals surface area contributed by atoms with E-state index < -0.39 is 0 Å². The average molecular weight is 318 g/mol. The molecule has 0 saturated heterocycles. The van der Waals surface area contributed by atoms with Crippen LogP contribution in [0.1, 0.15) is 17.3 Å². The Morgan fingerprint density at radius 1 is 1.36 bits per heavy atom. The zero-order valence-corrected chi connectivity index (χ0v) is 12.5. The molecule has 8 heteroatoms. The number of aromatic nitrogens is 4. The molecule has 3 heterocycles. The lowest BCUT2D eigenvalue weighted by molar-refractivity contribution is 0.111. The first kappa shape index (κ1) is 14.4. The quantitative estimate of drug-likeness (QED) is 0.685. The Kier molecular flexibility index (Phi) is 3.94. The van der Waals surface area contributed by atoms with E-state index in [2.05, 4.69) is 27.0 Å². The van der Waals surface area contributed by atoms with Crippen molar-refractivity contribution in [3.8, 4) is 11.8 Å². The Balaban J connectivity index is 1.82. The minimum Gasteiger partial charge on any atom is -0.453 e. The number of amides is 1. The Labute approximate surface area is 131 Å². The molecule has 0 atom stereocenters. The summed E-state index contributed by atoms with van der Waals surface area (Å²) in [6.45, 7) is 1.46. The molecule has 1 amide bonds. The van der Waals surface area contributed by atoms with E-state index in [1.54, 1.807) is 23.2 Å². The van der Waals surface area contributed by atoms with E-state index in [1.165, 1.54) is 7.11 Å². The monoisotopic (exact) mass is 317 g/mol. The average Bonchev–Trinajstić information content (AvgIpc) is 2.94. The van der Waals surface area contributed by atoms with Gasteiger partial charge in [-0.3, -0.25) is 4.90 Å².